The first-order valence-corrected chi connectivity index (χ1v) is 7.14. The number of rotatable bonds is 5. The van der Waals surface area contributed by atoms with E-state index in [0.717, 1.165) is 31.6 Å². The molecule has 0 bridgehead atoms. The molecule has 5 nitrogen and oxygen atoms in total. The van der Waals surface area contributed by atoms with Crippen molar-refractivity contribution in [3.05, 3.63) is 30.1 Å². The number of carbonyl (C=O) groups is 1. The van der Waals surface area contributed by atoms with Gasteiger partial charge in [-0.05, 0) is 31.9 Å². The van der Waals surface area contributed by atoms with Crippen molar-refractivity contribution in [3.63, 3.8) is 0 Å². The largest absolute Gasteiger partial charge is 0.375 e. The van der Waals surface area contributed by atoms with Gasteiger partial charge in [-0.25, -0.2) is 0 Å². The summed E-state index contributed by atoms with van der Waals surface area (Å²) in [5.41, 5.74) is 1.06. The Hall–Kier alpha value is -1.46. The number of nitrogens with zero attached hydrogens (tertiary/aromatic N) is 2. The molecule has 1 N–H and O–H groups in total. The van der Waals surface area contributed by atoms with E-state index in [1.165, 1.54) is 0 Å². The van der Waals surface area contributed by atoms with Crippen LogP contribution in [0.4, 0.5) is 0 Å². The number of aromatic nitrogens is 1. The van der Waals surface area contributed by atoms with Crippen LogP contribution in [0.1, 0.15) is 31.5 Å². The molecule has 1 unspecified atom stereocenters. The van der Waals surface area contributed by atoms with Crippen molar-refractivity contribution in [2.75, 3.05) is 26.8 Å². The van der Waals surface area contributed by atoms with E-state index in [4.69, 9.17) is 4.74 Å². The topological polar surface area (TPSA) is 54.5 Å². The van der Waals surface area contributed by atoms with Gasteiger partial charge in [0.2, 0.25) is 5.91 Å². The zero-order valence-electron chi connectivity index (χ0n) is 12.2. The molecule has 0 aliphatic carbocycles. The van der Waals surface area contributed by atoms with Gasteiger partial charge in [-0.2, -0.15) is 0 Å². The monoisotopic (exact) mass is 277 g/mol. The third kappa shape index (κ3) is 4.02. The lowest BCUT2D eigenvalue weighted by Gasteiger charge is -2.33. The van der Waals surface area contributed by atoms with Gasteiger partial charge < -0.3 is 15.0 Å². The number of pyridine rings is 1. The molecule has 1 atom stereocenters. The molecule has 1 aliphatic heterocycles. The molecular weight excluding hydrogens is 254 g/mol. The average molecular weight is 277 g/mol. The molecule has 1 saturated heterocycles. The maximum Gasteiger partial charge on any atom is 0.248 e. The number of amides is 1. The molecule has 2 rings (SSSR count). The van der Waals surface area contributed by atoms with Gasteiger partial charge in [0.1, 0.15) is 6.61 Å². The van der Waals surface area contributed by atoms with Crippen LogP contribution in [0.2, 0.25) is 0 Å². The van der Waals surface area contributed by atoms with Crippen LogP contribution in [-0.2, 0) is 9.53 Å². The fraction of sp³-hybridized carbons (Fsp3) is 0.600. The summed E-state index contributed by atoms with van der Waals surface area (Å²) in [5, 5.41) is 3.59. The highest BCUT2D eigenvalue weighted by Gasteiger charge is 2.23. The average Bonchev–Trinajstić information content (AvgIpc) is 2.49. The van der Waals surface area contributed by atoms with E-state index in [2.05, 4.69) is 17.2 Å². The van der Waals surface area contributed by atoms with E-state index in [-0.39, 0.29) is 18.6 Å². The summed E-state index contributed by atoms with van der Waals surface area (Å²) in [6.07, 6.45) is 3.78. The Morgan fingerprint density at radius 3 is 2.85 bits per heavy atom. The van der Waals surface area contributed by atoms with E-state index in [9.17, 15) is 4.79 Å². The van der Waals surface area contributed by atoms with Crippen LogP contribution in [0.15, 0.2) is 24.4 Å². The first-order chi connectivity index (χ1) is 9.70. The van der Waals surface area contributed by atoms with Crippen LogP contribution in [0, 0.1) is 0 Å². The van der Waals surface area contributed by atoms with Crippen LogP contribution < -0.4 is 5.32 Å². The highest BCUT2D eigenvalue weighted by Crippen LogP contribution is 2.16. The highest BCUT2D eigenvalue weighted by molar-refractivity contribution is 5.77. The molecule has 1 aromatic heterocycles. The van der Waals surface area contributed by atoms with Gasteiger partial charge in [-0.15, -0.1) is 0 Å². The van der Waals surface area contributed by atoms with Crippen LogP contribution in [0.25, 0.3) is 0 Å². The fourth-order valence-corrected chi connectivity index (χ4v) is 2.58. The minimum absolute atomic E-state index is 0.0868. The number of methoxy groups -OCH3 is 1. The fourth-order valence-electron chi connectivity index (χ4n) is 2.58. The Labute approximate surface area is 120 Å². The lowest BCUT2D eigenvalue weighted by molar-refractivity contribution is -0.136. The predicted octanol–water partition coefficient (Wildman–Crippen LogP) is 1.37. The van der Waals surface area contributed by atoms with E-state index >= 15 is 0 Å². The number of carbonyl (C=O) groups excluding carboxylic acids is 1. The molecule has 5 heteroatoms. The van der Waals surface area contributed by atoms with Crippen molar-refractivity contribution in [3.8, 4) is 0 Å². The molecule has 0 spiro atoms. The van der Waals surface area contributed by atoms with Crippen molar-refractivity contribution in [1.82, 2.24) is 15.2 Å². The second-order valence-corrected chi connectivity index (χ2v) is 5.23. The second kappa shape index (κ2) is 7.36. The second-order valence-electron chi connectivity index (χ2n) is 5.23. The van der Waals surface area contributed by atoms with Crippen molar-refractivity contribution >= 4 is 5.91 Å². The number of piperidine rings is 1. The number of nitrogens with one attached hydrogen (secondary N) is 1. The molecular formula is C15H23N3O2. The lowest BCUT2D eigenvalue weighted by Crippen LogP contribution is -2.46. The van der Waals surface area contributed by atoms with Crippen LogP contribution in [0.5, 0.6) is 0 Å². The van der Waals surface area contributed by atoms with E-state index in [1.54, 1.807) is 7.11 Å². The minimum atomic E-state index is 0.0868. The molecule has 110 valence electrons. The summed E-state index contributed by atoms with van der Waals surface area (Å²) in [7, 11) is 1.56. The Kier molecular flexibility index (Phi) is 5.49. The van der Waals surface area contributed by atoms with Gasteiger partial charge in [-0.3, -0.25) is 9.78 Å². The van der Waals surface area contributed by atoms with Crippen molar-refractivity contribution < 1.29 is 9.53 Å². The highest BCUT2D eigenvalue weighted by atomic mass is 16.5. The van der Waals surface area contributed by atoms with E-state index < -0.39 is 0 Å². The molecule has 1 aliphatic rings. The van der Waals surface area contributed by atoms with Crippen LogP contribution >= 0.6 is 0 Å². The first kappa shape index (κ1) is 14.9. The van der Waals surface area contributed by atoms with Crippen molar-refractivity contribution in [1.29, 1.82) is 0 Å². The smallest absolute Gasteiger partial charge is 0.248 e. The number of hydrogen-bond acceptors (Lipinski definition) is 4. The molecule has 1 fully saturated rings. The third-order valence-electron chi connectivity index (χ3n) is 3.73. The molecule has 20 heavy (non-hydrogen) atoms. The van der Waals surface area contributed by atoms with Gasteiger partial charge in [0.05, 0.1) is 5.69 Å². The minimum Gasteiger partial charge on any atom is -0.375 e. The Morgan fingerprint density at radius 1 is 1.50 bits per heavy atom. The summed E-state index contributed by atoms with van der Waals surface area (Å²) in [5.74, 6) is 0.0868. The molecule has 1 amide bonds. The molecule has 2 heterocycles. The number of likely N-dealkylation sites (tertiary alicyclic amines) is 1. The van der Waals surface area contributed by atoms with Gasteiger partial charge in [0.25, 0.3) is 0 Å². The van der Waals surface area contributed by atoms with E-state index in [1.807, 2.05) is 29.3 Å². The molecule has 1 aromatic rings. The third-order valence-corrected chi connectivity index (χ3v) is 3.73. The van der Waals surface area contributed by atoms with Gasteiger partial charge in [0, 0.05) is 38.5 Å². The number of ether oxygens (including phenoxy) is 1. The molecule has 0 saturated carbocycles. The normalized spacial score (nSPS) is 18.0. The zero-order valence-corrected chi connectivity index (χ0v) is 12.2. The lowest BCUT2D eigenvalue weighted by atomic mass is 10.0. The zero-order chi connectivity index (χ0) is 14.4. The molecule has 0 aromatic carbocycles. The van der Waals surface area contributed by atoms with Crippen molar-refractivity contribution in [2.24, 2.45) is 0 Å². The summed E-state index contributed by atoms with van der Waals surface area (Å²) in [6.45, 7) is 3.91. The van der Waals surface area contributed by atoms with Gasteiger partial charge >= 0.3 is 0 Å². The van der Waals surface area contributed by atoms with Crippen molar-refractivity contribution in [2.45, 2.75) is 31.8 Å². The van der Waals surface area contributed by atoms with Crippen LogP contribution in [-0.4, -0.2) is 48.6 Å². The summed E-state index contributed by atoms with van der Waals surface area (Å²) < 4.78 is 4.89. The summed E-state index contributed by atoms with van der Waals surface area (Å²) in [4.78, 5) is 18.0. The van der Waals surface area contributed by atoms with Gasteiger partial charge in [-0.1, -0.05) is 6.07 Å². The maximum absolute atomic E-state index is 11.7. The maximum atomic E-state index is 11.7. The molecule has 0 radical (unpaired) electrons. The Morgan fingerprint density at radius 2 is 2.25 bits per heavy atom. The first-order valence-electron chi connectivity index (χ1n) is 7.14. The SMILES string of the molecule is COCC(=O)N1CCC(NC(C)c2ccccn2)CC1. The van der Waals surface area contributed by atoms with Crippen LogP contribution in [0.3, 0.4) is 0 Å². The van der Waals surface area contributed by atoms with Gasteiger partial charge in [0.15, 0.2) is 0 Å². The Balaban J connectivity index is 1.78. The Bertz CT molecular complexity index is 416. The quantitative estimate of drug-likeness (QED) is 0.883. The summed E-state index contributed by atoms with van der Waals surface area (Å²) in [6, 6.07) is 6.65. The summed E-state index contributed by atoms with van der Waals surface area (Å²) >= 11 is 0. The predicted molar refractivity (Wildman–Crippen MR) is 77.3 cm³/mol. The van der Waals surface area contributed by atoms with E-state index in [0.29, 0.717) is 6.04 Å². The number of hydrogen-bond donors (Lipinski definition) is 1. The standard InChI is InChI=1S/C15H23N3O2/c1-12(14-5-3-4-8-16-14)17-13-6-9-18(10-7-13)15(19)11-20-2/h3-5,8,12-13,17H,6-7,9-11H2,1-2H3.